The summed E-state index contributed by atoms with van der Waals surface area (Å²) in [5, 5.41) is 6.26. The summed E-state index contributed by atoms with van der Waals surface area (Å²) in [5.41, 5.74) is 8.08. The summed E-state index contributed by atoms with van der Waals surface area (Å²) < 4.78 is 0. The Labute approximate surface area is 189 Å². The lowest BCUT2D eigenvalue weighted by molar-refractivity contribution is 0.238. The van der Waals surface area contributed by atoms with Gasteiger partial charge in [-0.2, -0.15) is 0 Å². The summed E-state index contributed by atoms with van der Waals surface area (Å²) in [7, 11) is 4.11. The van der Waals surface area contributed by atoms with E-state index in [-0.39, 0.29) is 18.0 Å². The quantitative estimate of drug-likeness (QED) is 0.573. The van der Waals surface area contributed by atoms with Gasteiger partial charge in [0.25, 0.3) is 0 Å². The van der Waals surface area contributed by atoms with Crippen LogP contribution in [0.5, 0.6) is 0 Å². The van der Waals surface area contributed by atoms with Gasteiger partial charge in [-0.1, -0.05) is 72.8 Å². The summed E-state index contributed by atoms with van der Waals surface area (Å²) >= 11 is 0. The van der Waals surface area contributed by atoms with E-state index in [1.165, 1.54) is 28.0 Å². The van der Waals surface area contributed by atoms with Crippen LogP contribution in [0, 0.1) is 0 Å². The van der Waals surface area contributed by atoms with E-state index in [0.717, 1.165) is 17.7 Å². The summed E-state index contributed by atoms with van der Waals surface area (Å²) in [6.45, 7) is 0. The highest BCUT2D eigenvalue weighted by atomic mass is 16.2. The second-order valence-corrected chi connectivity index (χ2v) is 8.59. The average molecular weight is 422 g/mol. The van der Waals surface area contributed by atoms with Crippen LogP contribution >= 0.6 is 0 Å². The maximum Gasteiger partial charge on any atom is 0.319 e. The van der Waals surface area contributed by atoms with E-state index in [2.05, 4.69) is 96.4 Å². The zero-order valence-electron chi connectivity index (χ0n) is 18.4. The van der Waals surface area contributed by atoms with Gasteiger partial charge in [-0.05, 0) is 52.5 Å². The number of hydrogen-bond acceptors (Lipinski definition) is 2. The molecule has 0 saturated heterocycles. The molecule has 160 valence electrons. The molecule has 3 aromatic rings. The molecule has 0 fully saturated rings. The fraction of sp³-hybridized carbons (Fsp3) is 0.179. The Kier molecular flexibility index (Phi) is 5.28. The van der Waals surface area contributed by atoms with Crippen molar-refractivity contribution in [2.24, 2.45) is 0 Å². The minimum Gasteiger partial charge on any atom is -0.378 e. The molecule has 3 aromatic carbocycles. The third-order valence-corrected chi connectivity index (χ3v) is 6.35. The van der Waals surface area contributed by atoms with Crippen molar-refractivity contribution in [3.63, 3.8) is 0 Å². The SMILES string of the molecule is CN(C)c1ccc(C2CC(c3ccccc3)=CC3=C2C(c2ccccc2)NC(=O)N3)cc1. The Morgan fingerprint density at radius 1 is 0.812 bits per heavy atom. The standard InChI is InChI=1S/C28H27N3O/c1-31(2)23-15-13-20(14-16-23)24-17-22(19-9-5-3-6-10-19)18-25-26(24)27(30-28(32)29-25)21-11-7-4-8-12-21/h3-16,18,24,27H,17H2,1-2H3,(H2,29,30,32). The molecule has 1 heterocycles. The maximum atomic E-state index is 12.6. The van der Waals surface area contributed by atoms with Gasteiger partial charge in [0.05, 0.1) is 6.04 Å². The fourth-order valence-electron chi connectivity index (χ4n) is 4.73. The molecule has 32 heavy (non-hydrogen) atoms. The highest BCUT2D eigenvalue weighted by molar-refractivity contribution is 5.83. The normalized spacial score (nSPS) is 20.1. The van der Waals surface area contributed by atoms with Crippen LogP contribution in [0.3, 0.4) is 0 Å². The Hall–Kier alpha value is -3.79. The van der Waals surface area contributed by atoms with Crippen LogP contribution in [0.25, 0.3) is 5.57 Å². The molecule has 2 aliphatic rings. The monoisotopic (exact) mass is 421 g/mol. The van der Waals surface area contributed by atoms with E-state index in [1.807, 2.05) is 24.3 Å². The number of urea groups is 1. The number of carbonyl (C=O) groups is 1. The van der Waals surface area contributed by atoms with Gasteiger partial charge in [-0.3, -0.25) is 0 Å². The molecule has 5 rings (SSSR count). The first kappa shape index (κ1) is 20.1. The van der Waals surface area contributed by atoms with Crippen LogP contribution in [0.1, 0.15) is 35.1 Å². The van der Waals surface area contributed by atoms with E-state index in [1.54, 1.807) is 0 Å². The lowest BCUT2D eigenvalue weighted by atomic mass is 9.74. The van der Waals surface area contributed by atoms with Crippen molar-refractivity contribution in [3.8, 4) is 0 Å². The molecule has 2 atom stereocenters. The summed E-state index contributed by atoms with van der Waals surface area (Å²) in [5.74, 6) is 0.153. The second-order valence-electron chi connectivity index (χ2n) is 8.59. The number of allylic oxidation sites excluding steroid dienone is 2. The molecule has 1 aliphatic carbocycles. The van der Waals surface area contributed by atoms with Gasteiger partial charge in [0.15, 0.2) is 0 Å². The minimum atomic E-state index is -0.162. The summed E-state index contributed by atoms with van der Waals surface area (Å²) in [6.07, 6.45) is 3.04. The molecule has 2 N–H and O–H groups in total. The van der Waals surface area contributed by atoms with Crippen molar-refractivity contribution in [2.45, 2.75) is 18.4 Å². The van der Waals surface area contributed by atoms with E-state index >= 15 is 0 Å². The number of rotatable bonds is 4. The van der Waals surface area contributed by atoms with Crippen molar-refractivity contribution in [1.82, 2.24) is 10.6 Å². The Balaban J connectivity index is 1.65. The first-order valence-corrected chi connectivity index (χ1v) is 11.0. The number of carbonyl (C=O) groups excluding carboxylic acids is 1. The third-order valence-electron chi connectivity index (χ3n) is 6.35. The highest BCUT2D eigenvalue weighted by Crippen LogP contribution is 2.46. The number of anilines is 1. The van der Waals surface area contributed by atoms with Gasteiger partial charge in [0.1, 0.15) is 0 Å². The van der Waals surface area contributed by atoms with Crippen LogP contribution in [-0.4, -0.2) is 20.1 Å². The van der Waals surface area contributed by atoms with Gasteiger partial charge < -0.3 is 15.5 Å². The molecule has 2 unspecified atom stereocenters. The number of nitrogens with zero attached hydrogens (tertiary/aromatic N) is 1. The predicted molar refractivity (Wildman–Crippen MR) is 130 cm³/mol. The minimum absolute atomic E-state index is 0.153. The second kappa shape index (κ2) is 8.39. The zero-order valence-corrected chi connectivity index (χ0v) is 18.4. The molecule has 1 aliphatic heterocycles. The van der Waals surface area contributed by atoms with E-state index in [0.29, 0.717) is 0 Å². The largest absolute Gasteiger partial charge is 0.378 e. The summed E-state index contributed by atoms with van der Waals surface area (Å²) in [4.78, 5) is 14.7. The lowest BCUT2D eigenvalue weighted by Gasteiger charge is -2.38. The number of amides is 2. The predicted octanol–water partition coefficient (Wildman–Crippen LogP) is 5.63. The van der Waals surface area contributed by atoms with Crippen LogP contribution in [-0.2, 0) is 0 Å². The molecular weight excluding hydrogens is 394 g/mol. The highest BCUT2D eigenvalue weighted by Gasteiger charge is 2.36. The molecule has 0 radical (unpaired) electrons. The Morgan fingerprint density at radius 2 is 1.47 bits per heavy atom. The molecule has 4 heteroatoms. The average Bonchev–Trinajstić information content (AvgIpc) is 2.84. The Bertz CT molecular complexity index is 1180. The third kappa shape index (κ3) is 3.80. The van der Waals surface area contributed by atoms with Crippen LogP contribution in [0.2, 0.25) is 0 Å². The first-order chi connectivity index (χ1) is 15.6. The van der Waals surface area contributed by atoms with Crippen molar-refractivity contribution in [2.75, 3.05) is 19.0 Å². The Morgan fingerprint density at radius 3 is 2.12 bits per heavy atom. The first-order valence-electron chi connectivity index (χ1n) is 11.0. The van der Waals surface area contributed by atoms with Gasteiger partial charge in [0, 0.05) is 31.4 Å². The molecule has 0 saturated carbocycles. The van der Waals surface area contributed by atoms with Gasteiger partial charge in [0.2, 0.25) is 0 Å². The van der Waals surface area contributed by atoms with Gasteiger partial charge >= 0.3 is 6.03 Å². The zero-order chi connectivity index (χ0) is 22.1. The van der Waals surface area contributed by atoms with Crippen molar-refractivity contribution in [1.29, 1.82) is 0 Å². The van der Waals surface area contributed by atoms with Crippen molar-refractivity contribution in [3.05, 3.63) is 119 Å². The topological polar surface area (TPSA) is 44.4 Å². The molecule has 0 bridgehead atoms. The van der Waals surface area contributed by atoms with E-state index in [9.17, 15) is 4.79 Å². The van der Waals surface area contributed by atoms with Gasteiger partial charge in [-0.15, -0.1) is 0 Å². The fourth-order valence-corrected chi connectivity index (χ4v) is 4.73. The smallest absolute Gasteiger partial charge is 0.319 e. The number of nitrogens with one attached hydrogen (secondary N) is 2. The van der Waals surface area contributed by atoms with Crippen LogP contribution < -0.4 is 15.5 Å². The van der Waals surface area contributed by atoms with E-state index < -0.39 is 0 Å². The van der Waals surface area contributed by atoms with Crippen molar-refractivity contribution >= 4 is 17.3 Å². The molecule has 4 nitrogen and oxygen atoms in total. The molecular formula is C28H27N3O. The summed E-state index contributed by atoms with van der Waals surface area (Å²) in [6, 6.07) is 29.1. The number of hydrogen-bond donors (Lipinski definition) is 2. The molecule has 2 amide bonds. The lowest BCUT2D eigenvalue weighted by Crippen LogP contribution is -2.45. The van der Waals surface area contributed by atoms with Gasteiger partial charge in [-0.25, -0.2) is 4.79 Å². The van der Waals surface area contributed by atoms with Crippen LogP contribution in [0.15, 0.2) is 102 Å². The number of benzene rings is 3. The maximum absolute atomic E-state index is 12.6. The molecule has 0 spiro atoms. The van der Waals surface area contributed by atoms with Crippen LogP contribution in [0.4, 0.5) is 10.5 Å². The molecule has 0 aromatic heterocycles. The van der Waals surface area contributed by atoms with E-state index in [4.69, 9.17) is 0 Å². The van der Waals surface area contributed by atoms with Crippen molar-refractivity contribution < 1.29 is 4.79 Å².